The molecule has 1 aromatic rings. The van der Waals surface area contributed by atoms with Crippen LogP contribution in [0.15, 0.2) is 18.2 Å². The van der Waals surface area contributed by atoms with E-state index in [-0.39, 0.29) is 5.82 Å². The first-order valence-electron chi connectivity index (χ1n) is 4.31. The van der Waals surface area contributed by atoms with Gasteiger partial charge in [0.1, 0.15) is 5.82 Å². The highest BCUT2D eigenvalue weighted by atomic mass is 127. The lowest BCUT2D eigenvalue weighted by atomic mass is 10.1. The Labute approximate surface area is 90.1 Å². The van der Waals surface area contributed by atoms with Crippen molar-refractivity contribution in [2.75, 3.05) is 0 Å². The summed E-state index contributed by atoms with van der Waals surface area (Å²) in [4.78, 5) is 0. The zero-order valence-corrected chi connectivity index (χ0v) is 9.16. The fraction of sp³-hybridized carbons (Fsp3) is 0.400. The number of hydrogen-bond donors (Lipinski definition) is 1. The first-order valence-corrected chi connectivity index (χ1v) is 5.39. The first kappa shape index (κ1) is 9.40. The summed E-state index contributed by atoms with van der Waals surface area (Å²) in [5.74, 6) is 0.0884. The maximum atomic E-state index is 12.9. The molecule has 0 amide bonds. The zero-order chi connectivity index (χ0) is 9.42. The van der Waals surface area contributed by atoms with Crippen molar-refractivity contribution in [1.29, 1.82) is 0 Å². The Hall–Kier alpha value is -0.160. The van der Waals surface area contributed by atoms with E-state index in [2.05, 4.69) is 22.6 Å². The van der Waals surface area contributed by atoms with Gasteiger partial charge < -0.3 is 5.11 Å². The van der Waals surface area contributed by atoms with E-state index in [9.17, 15) is 9.50 Å². The molecular formula is C10H10FIO. The maximum absolute atomic E-state index is 12.9. The van der Waals surface area contributed by atoms with Crippen molar-refractivity contribution in [1.82, 2.24) is 0 Å². The lowest BCUT2D eigenvalue weighted by molar-refractivity contribution is 0.152. The van der Waals surface area contributed by atoms with Gasteiger partial charge in [0.2, 0.25) is 0 Å². The molecule has 13 heavy (non-hydrogen) atoms. The van der Waals surface area contributed by atoms with E-state index in [1.807, 2.05) is 0 Å². The smallest absolute Gasteiger partial charge is 0.123 e. The van der Waals surface area contributed by atoms with E-state index in [1.54, 1.807) is 6.07 Å². The van der Waals surface area contributed by atoms with E-state index in [0.717, 1.165) is 22.0 Å². The molecule has 0 bridgehead atoms. The van der Waals surface area contributed by atoms with Crippen molar-refractivity contribution in [2.24, 2.45) is 5.92 Å². The summed E-state index contributed by atoms with van der Waals surface area (Å²) in [6.45, 7) is 0. The molecule has 3 heteroatoms. The second-order valence-electron chi connectivity index (χ2n) is 3.45. The van der Waals surface area contributed by atoms with Crippen LogP contribution < -0.4 is 0 Å². The molecule has 1 aliphatic carbocycles. The third-order valence-electron chi connectivity index (χ3n) is 2.35. The summed E-state index contributed by atoms with van der Waals surface area (Å²) >= 11 is 2.13. The summed E-state index contributed by atoms with van der Waals surface area (Å²) in [5, 5.41) is 9.79. The fourth-order valence-corrected chi connectivity index (χ4v) is 2.06. The monoisotopic (exact) mass is 292 g/mol. The Morgan fingerprint density at radius 1 is 1.46 bits per heavy atom. The molecule has 0 spiro atoms. The number of hydrogen-bond acceptors (Lipinski definition) is 1. The normalized spacial score (nSPS) is 18.7. The number of rotatable bonds is 2. The first-order chi connectivity index (χ1) is 6.18. The van der Waals surface area contributed by atoms with Crippen LogP contribution in [0.1, 0.15) is 24.5 Å². The number of halogens is 2. The molecule has 0 radical (unpaired) electrons. The van der Waals surface area contributed by atoms with E-state index in [0.29, 0.717) is 5.92 Å². The van der Waals surface area contributed by atoms with Gasteiger partial charge in [-0.15, -0.1) is 0 Å². The highest BCUT2D eigenvalue weighted by molar-refractivity contribution is 14.1. The lowest BCUT2D eigenvalue weighted by Crippen LogP contribution is -2.02. The van der Waals surface area contributed by atoms with Gasteiger partial charge in [-0.25, -0.2) is 4.39 Å². The average molecular weight is 292 g/mol. The molecule has 1 aliphatic rings. The zero-order valence-electron chi connectivity index (χ0n) is 7.00. The summed E-state index contributed by atoms with van der Waals surface area (Å²) in [5.41, 5.74) is 0.739. The summed E-state index contributed by atoms with van der Waals surface area (Å²) in [6.07, 6.45) is 1.66. The molecule has 0 aromatic heterocycles. The Morgan fingerprint density at radius 3 is 2.77 bits per heavy atom. The third-order valence-corrected chi connectivity index (χ3v) is 3.33. The van der Waals surface area contributed by atoms with Gasteiger partial charge >= 0.3 is 0 Å². The van der Waals surface area contributed by atoms with Crippen LogP contribution in [0.3, 0.4) is 0 Å². The van der Waals surface area contributed by atoms with Crippen LogP contribution in [0.4, 0.5) is 4.39 Å². The van der Waals surface area contributed by atoms with Gasteiger partial charge in [0, 0.05) is 3.57 Å². The summed E-state index contributed by atoms with van der Waals surface area (Å²) in [6, 6.07) is 4.56. The standard InChI is InChI=1S/C10H10FIO/c11-7-3-4-9(12)8(5-7)10(13)6-1-2-6/h3-6,10,13H,1-2H2/t10-/m1/s1. The summed E-state index contributed by atoms with van der Waals surface area (Å²) in [7, 11) is 0. The van der Waals surface area contributed by atoms with Crippen molar-refractivity contribution in [3.05, 3.63) is 33.1 Å². The van der Waals surface area contributed by atoms with E-state index >= 15 is 0 Å². The predicted molar refractivity (Wildman–Crippen MR) is 56.8 cm³/mol. The molecule has 70 valence electrons. The molecule has 0 aliphatic heterocycles. The maximum Gasteiger partial charge on any atom is 0.123 e. The molecule has 1 aromatic carbocycles. The van der Waals surface area contributed by atoms with Crippen LogP contribution in [0.25, 0.3) is 0 Å². The Balaban J connectivity index is 2.31. The van der Waals surface area contributed by atoms with Crippen LogP contribution in [0, 0.1) is 15.3 Å². The van der Waals surface area contributed by atoms with E-state index < -0.39 is 6.10 Å². The third kappa shape index (κ3) is 2.02. The molecule has 1 fully saturated rings. The fourth-order valence-electron chi connectivity index (χ4n) is 1.41. The van der Waals surface area contributed by atoms with Crippen LogP contribution in [-0.2, 0) is 0 Å². The molecule has 2 rings (SSSR count). The van der Waals surface area contributed by atoms with E-state index in [1.165, 1.54) is 12.1 Å². The predicted octanol–water partition coefficient (Wildman–Crippen LogP) is 2.87. The SMILES string of the molecule is O[C@@H](c1cc(F)ccc1I)C1CC1. The van der Waals surface area contributed by atoms with Gasteiger partial charge in [0.15, 0.2) is 0 Å². The minimum atomic E-state index is -0.470. The topological polar surface area (TPSA) is 20.2 Å². The van der Waals surface area contributed by atoms with Gasteiger partial charge in [-0.05, 0) is 65.1 Å². The molecule has 0 unspecified atom stereocenters. The second kappa shape index (κ2) is 3.53. The van der Waals surface area contributed by atoms with Gasteiger partial charge in [-0.2, -0.15) is 0 Å². The van der Waals surface area contributed by atoms with Crippen molar-refractivity contribution in [2.45, 2.75) is 18.9 Å². The van der Waals surface area contributed by atoms with Crippen LogP contribution >= 0.6 is 22.6 Å². The van der Waals surface area contributed by atoms with Gasteiger partial charge in [0.25, 0.3) is 0 Å². The summed E-state index contributed by atoms with van der Waals surface area (Å²) < 4.78 is 13.8. The average Bonchev–Trinajstić information content (AvgIpc) is 2.91. The van der Waals surface area contributed by atoms with Gasteiger partial charge in [0.05, 0.1) is 6.10 Å². The molecule has 1 atom stereocenters. The lowest BCUT2D eigenvalue weighted by Gasteiger charge is -2.11. The molecule has 1 nitrogen and oxygen atoms in total. The second-order valence-corrected chi connectivity index (χ2v) is 4.61. The molecule has 0 saturated heterocycles. The number of aliphatic hydroxyl groups excluding tert-OH is 1. The number of benzene rings is 1. The van der Waals surface area contributed by atoms with E-state index in [4.69, 9.17) is 0 Å². The molecule has 1 saturated carbocycles. The van der Waals surface area contributed by atoms with Crippen molar-refractivity contribution in [3.8, 4) is 0 Å². The molecular weight excluding hydrogens is 282 g/mol. The minimum Gasteiger partial charge on any atom is -0.388 e. The minimum absolute atomic E-state index is 0.268. The largest absolute Gasteiger partial charge is 0.388 e. The Bertz CT molecular complexity index is 323. The van der Waals surface area contributed by atoms with Crippen molar-refractivity contribution in [3.63, 3.8) is 0 Å². The quantitative estimate of drug-likeness (QED) is 0.831. The van der Waals surface area contributed by atoms with Crippen molar-refractivity contribution < 1.29 is 9.50 Å². The highest BCUT2D eigenvalue weighted by Gasteiger charge is 2.31. The van der Waals surface area contributed by atoms with Gasteiger partial charge in [-0.1, -0.05) is 0 Å². The van der Waals surface area contributed by atoms with Gasteiger partial charge in [-0.3, -0.25) is 0 Å². The van der Waals surface area contributed by atoms with Crippen LogP contribution in [0.5, 0.6) is 0 Å². The number of aliphatic hydroxyl groups is 1. The van der Waals surface area contributed by atoms with Crippen LogP contribution in [0.2, 0.25) is 0 Å². The Kier molecular flexibility index (Phi) is 2.55. The molecule has 1 N–H and O–H groups in total. The van der Waals surface area contributed by atoms with Crippen LogP contribution in [-0.4, -0.2) is 5.11 Å². The highest BCUT2D eigenvalue weighted by Crippen LogP contribution is 2.42. The Morgan fingerprint density at radius 2 is 2.15 bits per heavy atom. The molecule has 0 heterocycles. The van der Waals surface area contributed by atoms with Crippen molar-refractivity contribution >= 4 is 22.6 Å².